The first-order chi connectivity index (χ1) is 9.03. The van der Waals surface area contributed by atoms with E-state index in [1.54, 1.807) is 18.2 Å². The molecule has 0 spiro atoms. The number of hydrogen-bond acceptors (Lipinski definition) is 6. The van der Waals surface area contributed by atoms with Crippen molar-refractivity contribution in [1.82, 2.24) is 10.2 Å². The predicted octanol–water partition coefficient (Wildman–Crippen LogP) is 0.868. The Labute approximate surface area is 110 Å². The summed E-state index contributed by atoms with van der Waals surface area (Å²) in [4.78, 5) is 0.118. The smallest absolute Gasteiger partial charge is 0.263 e. The van der Waals surface area contributed by atoms with Gasteiger partial charge in [0.15, 0.2) is 5.82 Å². The summed E-state index contributed by atoms with van der Waals surface area (Å²) in [5.41, 5.74) is 5.80. The number of rotatable bonds is 4. The van der Waals surface area contributed by atoms with Crippen LogP contribution in [0.3, 0.4) is 0 Å². The first-order valence-electron chi connectivity index (χ1n) is 5.28. The lowest BCUT2D eigenvalue weighted by Gasteiger charge is -2.09. The van der Waals surface area contributed by atoms with Gasteiger partial charge in [0, 0.05) is 6.07 Å². The lowest BCUT2D eigenvalue weighted by Crippen LogP contribution is -2.15. The third-order valence-electron chi connectivity index (χ3n) is 2.29. The molecule has 0 saturated heterocycles. The zero-order chi connectivity index (χ0) is 13.9. The molecule has 2 aromatic rings. The summed E-state index contributed by atoms with van der Waals surface area (Å²) < 4.78 is 31.2. The molecule has 1 aromatic carbocycles. The zero-order valence-electron chi connectivity index (χ0n) is 10.1. The van der Waals surface area contributed by atoms with Crippen molar-refractivity contribution >= 4 is 21.5 Å². The number of benzene rings is 1. The van der Waals surface area contributed by atoms with Crippen molar-refractivity contribution in [2.24, 2.45) is 0 Å². The highest BCUT2D eigenvalue weighted by Crippen LogP contribution is 2.21. The van der Waals surface area contributed by atoms with E-state index in [0.29, 0.717) is 0 Å². The second-order valence-electron chi connectivity index (χ2n) is 3.61. The van der Waals surface area contributed by atoms with Crippen LogP contribution in [-0.2, 0) is 10.0 Å². The fraction of sp³-hybridized carbons (Fsp3) is 0.0909. The molecule has 8 heteroatoms. The maximum atomic E-state index is 12.0. The molecule has 1 heterocycles. The largest absolute Gasteiger partial charge is 0.480 e. The SMILES string of the molecule is COc1cc(N)c(NS(=O)(=O)c2ccccc2)nn1. The Kier molecular flexibility index (Phi) is 3.52. The van der Waals surface area contributed by atoms with E-state index in [0.717, 1.165) is 0 Å². The van der Waals surface area contributed by atoms with Crippen molar-refractivity contribution in [3.63, 3.8) is 0 Å². The normalized spacial score (nSPS) is 11.0. The minimum atomic E-state index is -3.73. The average molecular weight is 280 g/mol. The molecule has 3 N–H and O–H groups in total. The fourth-order valence-electron chi connectivity index (χ4n) is 1.35. The van der Waals surface area contributed by atoms with Gasteiger partial charge in [0.05, 0.1) is 17.7 Å². The number of anilines is 2. The van der Waals surface area contributed by atoms with E-state index in [1.165, 1.54) is 25.3 Å². The summed E-state index contributed by atoms with van der Waals surface area (Å²) in [7, 11) is -2.31. The van der Waals surface area contributed by atoms with Crippen LogP contribution in [0.2, 0.25) is 0 Å². The molecule has 0 atom stereocenters. The monoisotopic (exact) mass is 280 g/mol. The molecule has 7 nitrogen and oxygen atoms in total. The molecule has 0 radical (unpaired) electrons. The molecule has 19 heavy (non-hydrogen) atoms. The van der Waals surface area contributed by atoms with Crippen LogP contribution in [0.4, 0.5) is 11.5 Å². The van der Waals surface area contributed by atoms with Gasteiger partial charge in [0.1, 0.15) is 0 Å². The maximum absolute atomic E-state index is 12.0. The molecule has 0 amide bonds. The number of sulfonamides is 1. The second kappa shape index (κ2) is 5.11. The lowest BCUT2D eigenvalue weighted by molar-refractivity contribution is 0.392. The highest BCUT2D eigenvalue weighted by molar-refractivity contribution is 7.92. The highest BCUT2D eigenvalue weighted by Gasteiger charge is 2.16. The van der Waals surface area contributed by atoms with Crippen LogP contribution in [0.15, 0.2) is 41.3 Å². The molecular weight excluding hydrogens is 268 g/mol. The van der Waals surface area contributed by atoms with Crippen molar-refractivity contribution in [3.05, 3.63) is 36.4 Å². The number of nitrogen functional groups attached to an aromatic ring is 1. The number of methoxy groups -OCH3 is 1. The Morgan fingerprint density at radius 2 is 1.89 bits per heavy atom. The minimum absolute atomic E-state index is 0.0374. The Morgan fingerprint density at radius 3 is 2.47 bits per heavy atom. The summed E-state index contributed by atoms with van der Waals surface area (Å²) >= 11 is 0. The van der Waals surface area contributed by atoms with Crippen LogP contribution in [0, 0.1) is 0 Å². The number of hydrogen-bond donors (Lipinski definition) is 2. The number of nitrogens with two attached hydrogens (primary N) is 1. The van der Waals surface area contributed by atoms with Gasteiger partial charge in [-0.2, -0.15) is 0 Å². The van der Waals surface area contributed by atoms with E-state index >= 15 is 0 Å². The van der Waals surface area contributed by atoms with Crippen molar-refractivity contribution < 1.29 is 13.2 Å². The van der Waals surface area contributed by atoms with Crippen LogP contribution in [0.5, 0.6) is 5.88 Å². The van der Waals surface area contributed by atoms with Gasteiger partial charge < -0.3 is 10.5 Å². The molecule has 0 saturated carbocycles. The molecule has 0 aliphatic rings. The van der Waals surface area contributed by atoms with Gasteiger partial charge in [-0.1, -0.05) is 18.2 Å². The lowest BCUT2D eigenvalue weighted by atomic mass is 10.4. The highest BCUT2D eigenvalue weighted by atomic mass is 32.2. The van der Waals surface area contributed by atoms with Gasteiger partial charge in [-0.3, -0.25) is 4.72 Å². The number of nitrogens with one attached hydrogen (secondary N) is 1. The second-order valence-corrected chi connectivity index (χ2v) is 5.29. The molecule has 100 valence electrons. The topological polar surface area (TPSA) is 107 Å². The first kappa shape index (κ1) is 13.1. The molecule has 0 fully saturated rings. The number of ether oxygens (including phenoxy) is 1. The van der Waals surface area contributed by atoms with Gasteiger partial charge in [0.25, 0.3) is 10.0 Å². The first-order valence-corrected chi connectivity index (χ1v) is 6.76. The third-order valence-corrected chi connectivity index (χ3v) is 3.65. The summed E-state index contributed by atoms with van der Waals surface area (Å²) in [6.07, 6.45) is 0. The van der Waals surface area contributed by atoms with E-state index in [9.17, 15) is 8.42 Å². The van der Waals surface area contributed by atoms with Crippen molar-refractivity contribution in [2.75, 3.05) is 17.6 Å². The number of nitrogens with zero attached hydrogens (tertiary/aromatic N) is 2. The molecule has 2 rings (SSSR count). The van der Waals surface area contributed by atoms with E-state index in [1.807, 2.05) is 0 Å². The Balaban J connectivity index is 2.31. The third kappa shape index (κ3) is 2.91. The Hall–Kier alpha value is -2.35. The minimum Gasteiger partial charge on any atom is -0.480 e. The van der Waals surface area contributed by atoms with Crippen molar-refractivity contribution in [2.45, 2.75) is 4.90 Å². The molecule has 0 aliphatic heterocycles. The zero-order valence-corrected chi connectivity index (χ0v) is 10.9. The molecule has 0 bridgehead atoms. The Bertz CT molecular complexity index is 674. The number of aromatic nitrogens is 2. The van der Waals surface area contributed by atoms with Crippen LogP contribution in [0.1, 0.15) is 0 Å². The van der Waals surface area contributed by atoms with Crippen molar-refractivity contribution in [3.8, 4) is 5.88 Å². The Morgan fingerprint density at radius 1 is 1.21 bits per heavy atom. The van der Waals surface area contributed by atoms with E-state index in [4.69, 9.17) is 10.5 Å². The van der Waals surface area contributed by atoms with E-state index < -0.39 is 10.0 Å². The quantitative estimate of drug-likeness (QED) is 0.860. The molecule has 0 unspecified atom stereocenters. The van der Waals surface area contributed by atoms with E-state index in [-0.39, 0.29) is 22.3 Å². The van der Waals surface area contributed by atoms with Crippen LogP contribution < -0.4 is 15.2 Å². The van der Waals surface area contributed by atoms with Gasteiger partial charge in [0.2, 0.25) is 5.88 Å². The van der Waals surface area contributed by atoms with Crippen LogP contribution >= 0.6 is 0 Å². The average Bonchev–Trinajstić information content (AvgIpc) is 2.42. The summed E-state index contributed by atoms with van der Waals surface area (Å²) in [5, 5.41) is 7.33. The van der Waals surface area contributed by atoms with E-state index in [2.05, 4.69) is 14.9 Å². The van der Waals surface area contributed by atoms with Gasteiger partial charge in [-0.15, -0.1) is 10.2 Å². The van der Waals surface area contributed by atoms with Crippen LogP contribution in [-0.4, -0.2) is 25.7 Å². The summed E-state index contributed by atoms with van der Waals surface area (Å²) in [6, 6.07) is 9.29. The molecular formula is C11H12N4O3S. The summed E-state index contributed by atoms with van der Waals surface area (Å²) in [6.45, 7) is 0. The molecule has 1 aromatic heterocycles. The van der Waals surface area contributed by atoms with Gasteiger partial charge >= 0.3 is 0 Å². The molecule has 0 aliphatic carbocycles. The van der Waals surface area contributed by atoms with Gasteiger partial charge in [-0.05, 0) is 12.1 Å². The summed E-state index contributed by atoms with van der Waals surface area (Å²) in [5.74, 6) is 0.171. The predicted molar refractivity (Wildman–Crippen MR) is 70.2 cm³/mol. The maximum Gasteiger partial charge on any atom is 0.263 e. The van der Waals surface area contributed by atoms with Gasteiger partial charge in [-0.25, -0.2) is 8.42 Å². The standard InChI is InChI=1S/C11H12N4O3S/c1-18-10-7-9(12)11(14-13-10)15-19(16,17)8-5-3-2-4-6-8/h2-7H,1H3,(H2,12,13)(H,14,15). The van der Waals surface area contributed by atoms with Crippen molar-refractivity contribution in [1.29, 1.82) is 0 Å². The van der Waals surface area contributed by atoms with Crippen LogP contribution in [0.25, 0.3) is 0 Å². The fourth-order valence-corrected chi connectivity index (χ4v) is 2.40.